The summed E-state index contributed by atoms with van der Waals surface area (Å²) in [7, 11) is 0. The van der Waals surface area contributed by atoms with Crippen LogP contribution in [0.25, 0.3) is 5.57 Å². The van der Waals surface area contributed by atoms with Crippen molar-refractivity contribution < 1.29 is 0 Å². The van der Waals surface area contributed by atoms with E-state index in [2.05, 4.69) is 76.7 Å². The Morgan fingerprint density at radius 3 is 1.75 bits per heavy atom. The number of rotatable bonds is 4. The minimum absolute atomic E-state index is 0.659. The van der Waals surface area contributed by atoms with Gasteiger partial charge < -0.3 is 0 Å². The molecule has 2 aromatic carbocycles. The second-order valence-corrected chi connectivity index (χ2v) is 5.71. The second-order valence-electron chi connectivity index (χ2n) is 5.71. The van der Waals surface area contributed by atoms with E-state index in [0.29, 0.717) is 5.92 Å². The molecule has 0 N–H and O–H groups in total. The zero-order valence-corrected chi connectivity index (χ0v) is 16.3. The van der Waals surface area contributed by atoms with Gasteiger partial charge in [-0.3, -0.25) is 0 Å². The van der Waals surface area contributed by atoms with Crippen LogP contribution in [0, 0.1) is 0 Å². The van der Waals surface area contributed by atoms with E-state index < -0.39 is 0 Å². The van der Waals surface area contributed by atoms with Crippen molar-refractivity contribution in [3.63, 3.8) is 0 Å². The van der Waals surface area contributed by atoms with Crippen LogP contribution in [0.5, 0.6) is 0 Å². The Balaban J connectivity index is 0.000000420. The smallest absolute Gasteiger partial charge is 0.0187 e. The molecule has 0 aliphatic carbocycles. The van der Waals surface area contributed by atoms with E-state index in [-0.39, 0.29) is 0 Å². The molecule has 0 saturated carbocycles. The zero-order valence-electron chi connectivity index (χ0n) is 16.3. The van der Waals surface area contributed by atoms with Gasteiger partial charge in [0.2, 0.25) is 0 Å². The van der Waals surface area contributed by atoms with Crippen molar-refractivity contribution in [3.05, 3.63) is 90.0 Å². The van der Waals surface area contributed by atoms with Gasteiger partial charge in [0.25, 0.3) is 0 Å². The molecule has 0 unspecified atom stereocenters. The molecule has 0 aliphatic heterocycles. The third-order valence-electron chi connectivity index (χ3n) is 3.57. The van der Waals surface area contributed by atoms with Crippen LogP contribution in [0.1, 0.15) is 65.0 Å². The molecule has 0 fully saturated rings. The predicted molar refractivity (Wildman–Crippen MR) is 111 cm³/mol. The van der Waals surface area contributed by atoms with Gasteiger partial charge in [0.1, 0.15) is 0 Å². The molecular weight excluding hydrogens is 288 g/mol. The van der Waals surface area contributed by atoms with E-state index in [4.69, 9.17) is 0 Å². The van der Waals surface area contributed by atoms with Crippen molar-refractivity contribution >= 4 is 5.57 Å². The summed E-state index contributed by atoms with van der Waals surface area (Å²) < 4.78 is 0. The Labute approximate surface area is 150 Å². The fraction of sp³-hybridized carbons (Fsp3) is 0.333. The maximum atomic E-state index is 4.08. The van der Waals surface area contributed by atoms with E-state index in [1.807, 2.05) is 38.1 Å². The Hall–Kier alpha value is -2.08. The summed E-state index contributed by atoms with van der Waals surface area (Å²) >= 11 is 0. The lowest BCUT2D eigenvalue weighted by Gasteiger charge is -2.05. The molecule has 0 spiro atoms. The van der Waals surface area contributed by atoms with Crippen LogP contribution in [0.2, 0.25) is 0 Å². The number of allylic oxidation sites excluding steroid dienone is 3. The highest BCUT2D eigenvalue weighted by atomic mass is 14.0. The number of benzene rings is 2. The first-order valence-electron chi connectivity index (χ1n) is 9.02. The van der Waals surface area contributed by atoms with Crippen molar-refractivity contribution in [2.24, 2.45) is 0 Å². The molecule has 0 saturated heterocycles. The van der Waals surface area contributed by atoms with E-state index in [1.54, 1.807) is 0 Å². The summed E-state index contributed by atoms with van der Waals surface area (Å²) in [5.41, 5.74) is 5.03. The lowest BCUT2D eigenvalue weighted by molar-refractivity contribution is 0.867. The SMILES string of the molecule is C=C(/C(C)=C\CC)c1ccccc1.CC.CC(C)c1ccccc1. The van der Waals surface area contributed by atoms with Crippen molar-refractivity contribution in [1.29, 1.82) is 0 Å². The molecule has 130 valence electrons. The van der Waals surface area contributed by atoms with Crippen LogP contribution in [-0.2, 0) is 0 Å². The largest absolute Gasteiger partial charge is 0.0909 e. The quantitative estimate of drug-likeness (QED) is 0.502. The Morgan fingerprint density at radius 1 is 0.917 bits per heavy atom. The lowest BCUT2D eigenvalue weighted by Crippen LogP contribution is -1.83. The van der Waals surface area contributed by atoms with Gasteiger partial charge in [-0.2, -0.15) is 0 Å². The monoisotopic (exact) mass is 322 g/mol. The molecule has 0 amide bonds. The van der Waals surface area contributed by atoms with E-state index in [0.717, 1.165) is 12.0 Å². The van der Waals surface area contributed by atoms with E-state index in [9.17, 15) is 0 Å². The van der Waals surface area contributed by atoms with Crippen LogP contribution in [0.15, 0.2) is 78.9 Å². The maximum absolute atomic E-state index is 4.08. The van der Waals surface area contributed by atoms with Gasteiger partial charge in [0.05, 0.1) is 0 Å². The van der Waals surface area contributed by atoms with Gasteiger partial charge >= 0.3 is 0 Å². The van der Waals surface area contributed by atoms with Crippen LogP contribution in [0.4, 0.5) is 0 Å². The van der Waals surface area contributed by atoms with E-state index >= 15 is 0 Å². The Kier molecular flexibility index (Phi) is 12.2. The van der Waals surface area contributed by atoms with Gasteiger partial charge in [-0.15, -0.1) is 0 Å². The molecule has 0 heterocycles. The highest BCUT2D eigenvalue weighted by Crippen LogP contribution is 2.20. The van der Waals surface area contributed by atoms with Crippen LogP contribution >= 0.6 is 0 Å². The topological polar surface area (TPSA) is 0 Å². The first-order valence-corrected chi connectivity index (χ1v) is 9.02. The number of hydrogen-bond acceptors (Lipinski definition) is 0. The second kappa shape index (κ2) is 13.4. The summed E-state index contributed by atoms with van der Waals surface area (Å²) in [5.74, 6) is 0.659. The fourth-order valence-corrected chi connectivity index (χ4v) is 2.13. The van der Waals surface area contributed by atoms with Crippen molar-refractivity contribution in [3.8, 4) is 0 Å². The third kappa shape index (κ3) is 8.53. The highest BCUT2D eigenvalue weighted by Gasteiger charge is 1.98. The summed E-state index contributed by atoms with van der Waals surface area (Å²) in [6.07, 6.45) is 3.27. The molecule has 0 atom stereocenters. The molecule has 0 radical (unpaired) electrons. The third-order valence-corrected chi connectivity index (χ3v) is 3.57. The first-order chi connectivity index (χ1) is 11.6. The van der Waals surface area contributed by atoms with Crippen molar-refractivity contribution in [2.75, 3.05) is 0 Å². The molecule has 0 nitrogen and oxygen atoms in total. The molecule has 2 aromatic rings. The Morgan fingerprint density at radius 2 is 1.38 bits per heavy atom. The molecular formula is C24H34. The van der Waals surface area contributed by atoms with Crippen molar-refractivity contribution in [2.45, 2.75) is 53.9 Å². The van der Waals surface area contributed by atoms with Crippen LogP contribution in [0.3, 0.4) is 0 Å². The molecule has 0 bridgehead atoms. The van der Waals surface area contributed by atoms with Gasteiger partial charge in [0.15, 0.2) is 0 Å². The van der Waals surface area contributed by atoms with Crippen LogP contribution in [-0.4, -0.2) is 0 Å². The Bertz CT molecular complexity index is 574. The summed E-state index contributed by atoms with van der Waals surface area (Å²) in [6, 6.07) is 20.8. The molecule has 2 rings (SSSR count). The molecule has 24 heavy (non-hydrogen) atoms. The van der Waals surface area contributed by atoms with Crippen molar-refractivity contribution in [1.82, 2.24) is 0 Å². The standard InChI is InChI=1S/C13H16.C9H12.C2H6/c1-4-8-11(2)12(3)13-9-6-5-7-10-13;1-8(2)9-6-4-3-5-7-9;1-2/h5-10H,3-4H2,1-2H3;3-8H,1-2H3;1-2H3/b11-8-;;. The minimum Gasteiger partial charge on any atom is -0.0909 e. The normalized spacial score (nSPS) is 10.2. The minimum atomic E-state index is 0.659. The van der Waals surface area contributed by atoms with Gasteiger partial charge in [-0.1, -0.05) is 108 Å². The van der Waals surface area contributed by atoms with E-state index in [1.165, 1.54) is 16.7 Å². The summed E-state index contributed by atoms with van der Waals surface area (Å²) in [5, 5.41) is 0. The predicted octanol–water partition coefficient (Wildman–Crippen LogP) is 7.89. The number of hydrogen-bond donors (Lipinski definition) is 0. The van der Waals surface area contributed by atoms with Gasteiger partial charge in [0, 0.05) is 0 Å². The van der Waals surface area contributed by atoms with Gasteiger partial charge in [-0.05, 0) is 41.5 Å². The molecule has 0 aromatic heterocycles. The highest BCUT2D eigenvalue weighted by molar-refractivity contribution is 5.76. The lowest BCUT2D eigenvalue weighted by atomic mass is 10.0. The average Bonchev–Trinajstić information content (AvgIpc) is 2.65. The van der Waals surface area contributed by atoms with Crippen LogP contribution < -0.4 is 0 Å². The van der Waals surface area contributed by atoms with Gasteiger partial charge in [-0.25, -0.2) is 0 Å². The molecule has 0 aliphatic rings. The first kappa shape index (κ1) is 21.9. The molecule has 0 heteroatoms. The fourth-order valence-electron chi connectivity index (χ4n) is 2.13. The maximum Gasteiger partial charge on any atom is -0.0187 e. The average molecular weight is 323 g/mol. The summed E-state index contributed by atoms with van der Waals surface area (Å²) in [4.78, 5) is 0. The zero-order chi connectivity index (χ0) is 18.4. The summed E-state index contributed by atoms with van der Waals surface area (Å²) in [6.45, 7) is 16.7.